The van der Waals surface area contributed by atoms with Gasteiger partial charge in [0.15, 0.2) is 8.32 Å². The molecule has 0 spiro atoms. The molecule has 1 unspecified atom stereocenters. The first kappa shape index (κ1) is 38.0. The molecule has 0 N–H and O–H groups in total. The summed E-state index contributed by atoms with van der Waals surface area (Å²) in [7, 11) is -1.55. The molecule has 0 saturated carbocycles. The van der Waals surface area contributed by atoms with Crippen molar-refractivity contribution in [3.63, 3.8) is 0 Å². The molecule has 1 aliphatic rings. The van der Waals surface area contributed by atoms with Gasteiger partial charge in [-0.15, -0.1) is 0 Å². The van der Waals surface area contributed by atoms with Crippen LogP contribution in [0.2, 0.25) is 18.1 Å². The van der Waals surface area contributed by atoms with E-state index in [2.05, 4.69) is 86.7 Å². The molecule has 0 aromatic heterocycles. The van der Waals surface area contributed by atoms with Gasteiger partial charge in [0, 0.05) is 12.1 Å². The van der Waals surface area contributed by atoms with Gasteiger partial charge in [-0.2, -0.15) is 0 Å². The van der Waals surface area contributed by atoms with Gasteiger partial charge in [-0.25, -0.2) is 4.79 Å². The Morgan fingerprint density at radius 1 is 1.11 bits per heavy atom. The van der Waals surface area contributed by atoms with Gasteiger partial charge in [0.1, 0.15) is 22.2 Å². The van der Waals surface area contributed by atoms with Crippen LogP contribution in [0.25, 0.3) is 10.8 Å². The molecule has 2 aromatic carbocycles. The fourth-order valence-corrected chi connectivity index (χ4v) is 8.27. The molecule has 45 heavy (non-hydrogen) atoms. The summed E-state index contributed by atoms with van der Waals surface area (Å²) in [4.78, 5) is 15.8. The number of benzene rings is 2. The summed E-state index contributed by atoms with van der Waals surface area (Å²) < 4.78 is 26.2. The number of rotatable bonds is 7. The minimum Gasteiger partial charge on any atom is -0.468 e. The maximum Gasteiger partial charge on any atom is 0.410 e. The smallest absolute Gasteiger partial charge is 0.410 e. The van der Waals surface area contributed by atoms with Crippen LogP contribution in [0.1, 0.15) is 103 Å². The first-order valence-electron chi connectivity index (χ1n) is 16.0. The lowest BCUT2D eigenvalue weighted by Crippen LogP contribution is -2.45. The van der Waals surface area contributed by atoms with Gasteiger partial charge < -0.3 is 18.3 Å². The van der Waals surface area contributed by atoms with Crippen LogP contribution in [-0.4, -0.2) is 64.7 Å². The zero-order chi connectivity index (χ0) is 34.3. The number of amides is 1. The van der Waals surface area contributed by atoms with Gasteiger partial charge >= 0.3 is 6.09 Å². The van der Waals surface area contributed by atoms with Crippen LogP contribution in [0, 0.1) is 13.8 Å². The zero-order valence-corrected chi connectivity index (χ0v) is 35.0. The fraction of sp³-hybridized carbons (Fsp3) is 0.657. The highest BCUT2D eigenvalue weighted by molar-refractivity contribution is 8.22. The van der Waals surface area contributed by atoms with Crippen LogP contribution in [0.15, 0.2) is 18.2 Å². The Bertz CT molecular complexity index is 1410. The molecule has 3 rings (SSSR count). The number of carbonyl (C=O) groups is 1. The van der Waals surface area contributed by atoms with E-state index < -0.39 is 20.0 Å². The average molecular weight is 692 g/mol. The van der Waals surface area contributed by atoms with E-state index in [-0.39, 0.29) is 28.7 Å². The highest BCUT2D eigenvalue weighted by atomic mass is 32.2. The van der Waals surface area contributed by atoms with Gasteiger partial charge in [-0.05, 0) is 116 Å². The number of aryl methyl sites for hydroxylation is 1. The summed E-state index contributed by atoms with van der Waals surface area (Å²) in [6, 6.07) is 6.12. The predicted octanol–water partition coefficient (Wildman–Crippen LogP) is 8.66. The van der Waals surface area contributed by atoms with Crippen molar-refractivity contribution in [3.05, 3.63) is 46.0 Å². The molecule has 0 radical (unpaired) electrons. The number of ether oxygens (including phenoxy) is 2. The molecular weight excluding hydrogens is 635 g/mol. The lowest BCUT2D eigenvalue weighted by molar-refractivity contribution is 0.00758. The first-order valence-corrected chi connectivity index (χ1v) is 21.4. The summed E-state index contributed by atoms with van der Waals surface area (Å²) in [6.45, 7) is 29.1. The topological polar surface area (TPSA) is 57.2 Å². The van der Waals surface area contributed by atoms with Crippen molar-refractivity contribution >= 4 is 64.0 Å². The summed E-state index contributed by atoms with van der Waals surface area (Å²) in [5.41, 5.74) is 5.13. The molecular formula is C35H57NO5S2Si2. The van der Waals surface area contributed by atoms with E-state index in [9.17, 15) is 4.79 Å². The molecule has 0 aliphatic carbocycles. The molecule has 252 valence electrons. The SMILES string of the molecule is CSC(=S)OC(c1c(CO[SiH3])c(C)c(C(C)(C)C)c2c(C)cccc12)[C@@H]1C[C@@H](O[Si](C)(C)C(C)(C)C)CN1C(=O)OC(C)(C)C. The lowest BCUT2D eigenvalue weighted by atomic mass is 9.75. The Hall–Kier alpha value is -1.44. The Morgan fingerprint density at radius 3 is 2.24 bits per heavy atom. The van der Waals surface area contributed by atoms with Crippen LogP contribution in [0.5, 0.6) is 0 Å². The Balaban J connectivity index is 2.37. The Kier molecular flexibility index (Phi) is 11.8. The van der Waals surface area contributed by atoms with Crippen LogP contribution in [0.4, 0.5) is 4.79 Å². The van der Waals surface area contributed by atoms with Gasteiger partial charge in [0.2, 0.25) is 4.38 Å². The van der Waals surface area contributed by atoms with Crippen molar-refractivity contribution in [2.24, 2.45) is 0 Å². The van der Waals surface area contributed by atoms with Crippen molar-refractivity contribution in [1.29, 1.82) is 0 Å². The van der Waals surface area contributed by atoms with Crippen LogP contribution in [-0.2, 0) is 30.3 Å². The van der Waals surface area contributed by atoms with Crippen molar-refractivity contribution < 1.29 is 23.1 Å². The number of hydrogen-bond donors (Lipinski definition) is 0. The summed E-state index contributed by atoms with van der Waals surface area (Å²) in [5, 5.41) is 2.38. The van der Waals surface area contributed by atoms with Crippen LogP contribution < -0.4 is 0 Å². The van der Waals surface area contributed by atoms with E-state index in [1.807, 2.05) is 31.9 Å². The van der Waals surface area contributed by atoms with Crippen molar-refractivity contribution in [3.8, 4) is 0 Å². The first-order chi connectivity index (χ1) is 20.5. The van der Waals surface area contributed by atoms with Gasteiger partial charge in [0.05, 0.1) is 18.8 Å². The van der Waals surface area contributed by atoms with E-state index in [0.29, 0.717) is 34.4 Å². The largest absolute Gasteiger partial charge is 0.468 e. The third-order valence-electron chi connectivity index (χ3n) is 9.23. The average Bonchev–Trinajstić information content (AvgIpc) is 3.29. The third kappa shape index (κ3) is 8.54. The Morgan fingerprint density at radius 2 is 1.73 bits per heavy atom. The number of likely N-dealkylation sites (tertiary alicyclic amines) is 1. The van der Waals surface area contributed by atoms with E-state index >= 15 is 0 Å². The second-order valence-corrected chi connectivity index (χ2v) is 22.7. The quantitative estimate of drug-likeness (QED) is 0.213. The predicted molar refractivity (Wildman–Crippen MR) is 200 cm³/mol. The zero-order valence-electron chi connectivity index (χ0n) is 30.4. The fourth-order valence-electron chi connectivity index (χ4n) is 6.32. The highest BCUT2D eigenvalue weighted by Gasteiger charge is 2.48. The maximum atomic E-state index is 14.0. The summed E-state index contributed by atoms with van der Waals surface area (Å²) >= 11 is 7.16. The standard InChI is InChI=1S/C35H57NO5S2Si2/c1-21-16-15-17-24-27(21)29(33(3,4)5)22(2)25(20-38-44)28(24)30(39-32(42)43-12)26-18-23(41-45(13,14)35(9,10)11)19-36(26)31(37)40-34(6,7)8/h15-17,23,26,30H,18-20H2,1-14,44H3/t23-,26+,30?/m1/s1. The Labute approximate surface area is 286 Å². The van der Waals surface area contributed by atoms with Gasteiger partial charge in [0.25, 0.3) is 0 Å². The van der Waals surface area contributed by atoms with E-state index in [4.69, 9.17) is 30.5 Å². The number of fused-ring (bicyclic) bond motifs is 1. The van der Waals surface area contributed by atoms with Crippen LogP contribution >= 0.6 is 24.0 Å². The van der Waals surface area contributed by atoms with Crippen LogP contribution in [0.3, 0.4) is 0 Å². The molecule has 10 heteroatoms. The van der Waals surface area contributed by atoms with Crippen molar-refractivity contribution in [2.45, 2.75) is 137 Å². The molecule has 6 nitrogen and oxygen atoms in total. The van der Waals surface area contributed by atoms with Gasteiger partial charge in [-0.1, -0.05) is 71.5 Å². The molecule has 1 amide bonds. The summed E-state index contributed by atoms with van der Waals surface area (Å²) in [5.74, 6) is 0. The molecule has 0 bridgehead atoms. The number of thioether (sulfide) groups is 1. The highest BCUT2D eigenvalue weighted by Crippen LogP contribution is 2.47. The second-order valence-electron chi connectivity index (χ2n) is 16.0. The number of nitrogens with zero attached hydrogens (tertiary/aromatic N) is 1. The second kappa shape index (κ2) is 14.0. The number of hydrogen-bond acceptors (Lipinski definition) is 7. The van der Waals surface area contributed by atoms with Crippen molar-refractivity contribution in [2.75, 3.05) is 12.8 Å². The lowest BCUT2D eigenvalue weighted by Gasteiger charge is -2.38. The maximum absolute atomic E-state index is 14.0. The normalized spacial score (nSPS) is 18.8. The number of carbonyl (C=O) groups excluding carboxylic acids is 1. The minimum absolute atomic E-state index is 0.0291. The van der Waals surface area contributed by atoms with E-state index in [1.54, 1.807) is 0 Å². The molecule has 2 aromatic rings. The molecule has 1 fully saturated rings. The summed E-state index contributed by atoms with van der Waals surface area (Å²) in [6.07, 6.45) is 1.48. The minimum atomic E-state index is -2.14. The van der Waals surface area contributed by atoms with Crippen molar-refractivity contribution in [1.82, 2.24) is 4.90 Å². The molecule has 1 heterocycles. The van der Waals surface area contributed by atoms with E-state index in [1.165, 1.54) is 33.8 Å². The molecule has 3 atom stereocenters. The molecule has 1 aliphatic heterocycles. The van der Waals surface area contributed by atoms with Gasteiger partial charge in [-0.3, -0.25) is 4.90 Å². The third-order valence-corrected chi connectivity index (χ3v) is 15.1. The molecule has 1 saturated heterocycles. The monoisotopic (exact) mass is 691 g/mol. The number of thiocarbonyl (C=S) groups is 1. The van der Waals surface area contributed by atoms with E-state index in [0.717, 1.165) is 16.5 Å².